The van der Waals surface area contributed by atoms with Crippen molar-refractivity contribution < 1.29 is 14.3 Å². The zero-order chi connectivity index (χ0) is 14.7. The maximum Gasteiger partial charge on any atom is 0.171 e. The summed E-state index contributed by atoms with van der Waals surface area (Å²) in [6.45, 7) is 0. The maximum atomic E-state index is 12.7. The second-order valence-electron chi connectivity index (χ2n) is 5.08. The second kappa shape index (κ2) is 6.59. The molecule has 1 fully saturated rings. The van der Waals surface area contributed by atoms with Gasteiger partial charge in [0, 0.05) is 12.0 Å². The maximum absolute atomic E-state index is 12.7. The van der Waals surface area contributed by atoms with Gasteiger partial charge in [-0.25, -0.2) is 0 Å². The fourth-order valence-corrected chi connectivity index (χ4v) is 3.44. The molecule has 0 radical (unpaired) electrons. The van der Waals surface area contributed by atoms with E-state index in [2.05, 4.69) is 15.9 Å². The van der Waals surface area contributed by atoms with Crippen LogP contribution in [0.5, 0.6) is 11.5 Å². The highest BCUT2D eigenvalue weighted by atomic mass is 79.9. The third-order valence-electron chi connectivity index (χ3n) is 3.91. The number of rotatable bonds is 4. The van der Waals surface area contributed by atoms with E-state index in [4.69, 9.17) is 15.2 Å². The lowest BCUT2D eigenvalue weighted by Crippen LogP contribution is -2.38. The predicted molar refractivity (Wildman–Crippen MR) is 81.5 cm³/mol. The molecule has 0 amide bonds. The number of ketones is 1. The van der Waals surface area contributed by atoms with Crippen molar-refractivity contribution in [1.29, 1.82) is 0 Å². The summed E-state index contributed by atoms with van der Waals surface area (Å²) in [4.78, 5) is 12.7. The monoisotopic (exact) mass is 341 g/mol. The van der Waals surface area contributed by atoms with Crippen molar-refractivity contribution in [3.05, 3.63) is 22.2 Å². The average Bonchev–Trinajstić information content (AvgIpc) is 2.46. The molecule has 0 aliphatic heterocycles. The second-order valence-corrected chi connectivity index (χ2v) is 5.87. The molecule has 1 aliphatic rings. The minimum absolute atomic E-state index is 0.0539. The zero-order valence-corrected chi connectivity index (χ0v) is 13.4. The number of methoxy groups -OCH3 is 2. The summed E-state index contributed by atoms with van der Waals surface area (Å²) in [6.07, 6.45) is 3.93. The Morgan fingerprint density at radius 2 is 1.95 bits per heavy atom. The van der Waals surface area contributed by atoms with Gasteiger partial charge in [-0.15, -0.1) is 0 Å². The minimum atomic E-state index is -0.113. The van der Waals surface area contributed by atoms with Gasteiger partial charge in [0.25, 0.3) is 0 Å². The van der Waals surface area contributed by atoms with Crippen molar-refractivity contribution in [2.75, 3.05) is 14.2 Å². The van der Waals surface area contributed by atoms with E-state index in [1.165, 1.54) is 0 Å². The van der Waals surface area contributed by atoms with Crippen LogP contribution in [0.4, 0.5) is 0 Å². The summed E-state index contributed by atoms with van der Waals surface area (Å²) >= 11 is 3.43. The smallest absolute Gasteiger partial charge is 0.171 e. The van der Waals surface area contributed by atoms with Gasteiger partial charge in [-0.3, -0.25) is 4.79 Å². The Bertz CT molecular complexity index is 504. The predicted octanol–water partition coefficient (Wildman–Crippen LogP) is 3.17. The summed E-state index contributed by atoms with van der Waals surface area (Å²) in [7, 11) is 3.13. The molecule has 0 spiro atoms. The normalized spacial score (nSPS) is 22.4. The van der Waals surface area contributed by atoms with Crippen LogP contribution in [0.25, 0.3) is 0 Å². The number of carbonyl (C=O) groups excluding carboxylic acids is 1. The van der Waals surface area contributed by atoms with Gasteiger partial charge in [-0.05, 0) is 40.9 Å². The number of nitrogens with two attached hydrogens (primary N) is 1. The summed E-state index contributed by atoms with van der Waals surface area (Å²) in [6, 6.07) is 3.47. The van der Waals surface area contributed by atoms with Gasteiger partial charge in [-0.2, -0.15) is 0 Å². The quantitative estimate of drug-likeness (QED) is 0.854. The average molecular weight is 342 g/mol. The molecule has 4 nitrogen and oxygen atoms in total. The van der Waals surface area contributed by atoms with Crippen molar-refractivity contribution in [2.45, 2.75) is 31.7 Å². The lowest BCUT2D eigenvalue weighted by atomic mass is 9.80. The molecule has 2 N–H and O–H groups in total. The largest absolute Gasteiger partial charge is 0.495 e. The van der Waals surface area contributed by atoms with Crippen LogP contribution in [0.1, 0.15) is 36.0 Å². The number of benzene rings is 1. The summed E-state index contributed by atoms with van der Waals surface area (Å²) < 4.78 is 11.3. The zero-order valence-electron chi connectivity index (χ0n) is 11.8. The molecule has 0 heterocycles. The number of Topliss-reactive ketones (excluding diaryl/α,β-unsaturated/α-hetero) is 1. The van der Waals surface area contributed by atoms with Gasteiger partial charge < -0.3 is 15.2 Å². The third-order valence-corrected chi connectivity index (χ3v) is 4.66. The standard InChI is InChI=1S/C15H20BrNO3/c1-19-12-8-7-10(15(20-2)13(12)16)14(18)9-5-3-4-6-11(9)17/h7-9,11H,3-6,17H2,1-2H3. The first-order chi connectivity index (χ1) is 9.60. The molecule has 2 rings (SSSR count). The molecular formula is C15H20BrNO3. The van der Waals surface area contributed by atoms with Crippen LogP contribution in [-0.2, 0) is 0 Å². The molecule has 1 aliphatic carbocycles. The Labute approximate surface area is 127 Å². The van der Waals surface area contributed by atoms with E-state index in [9.17, 15) is 4.79 Å². The van der Waals surface area contributed by atoms with Crippen LogP contribution in [0.3, 0.4) is 0 Å². The molecule has 110 valence electrons. The van der Waals surface area contributed by atoms with E-state index in [0.29, 0.717) is 21.5 Å². The molecule has 1 saturated carbocycles. The Morgan fingerprint density at radius 3 is 2.55 bits per heavy atom. The van der Waals surface area contributed by atoms with Crippen LogP contribution < -0.4 is 15.2 Å². The highest BCUT2D eigenvalue weighted by molar-refractivity contribution is 9.10. The van der Waals surface area contributed by atoms with Crippen LogP contribution in [-0.4, -0.2) is 26.0 Å². The number of hydrogen-bond donors (Lipinski definition) is 1. The first kappa shape index (κ1) is 15.3. The summed E-state index contributed by atoms with van der Waals surface area (Å²) in [5.74, 6) is 1.12. The topological polar surface area (TPSA) is 61.5 Å². The van der Waals surface area contributed by atoms with Crippen molar-refractivity contribution in [3.8, 4) is 11.5 Å². The van der Waals surface area contributed by atoms with E-state index in [1.54, 1.807) is 26.4 Å². The van der Waals surface area contributed by atoms with Crippen LogP contribution in [0.2, 0.25) is 0 Å². The first-order valence-corrected chi connectivity index (χ1v) is 7.59. The summed E-state index contributed by atoms with van der Waals surface area (Å²) in [5, 5.41) is 0. The van der Waals surface area contributed by atoms with Crippen LogP contribution in [0, 0.1) is 5.92 Å². The van der Waals surface area contributed by atoms with E-state index in [0.717, 1.165) is 25.7 Å². The number of ether oxygens (including phenoxy) is 2. The lowest BCUT2D eigenvalue weighted by molar-refractivity contribution is 0.0867. The van der Waals surface area contributed by atoms with Crippen molar-refractivity contribution >= 4 is 21.7 Å². The van der Waals surface area contributed by atoms with Gasteiger partial charge in [-0.1, -0.05) is 12.8 Å². The Kier molecular flexibility index (Phi) is 5.05. The van der Waals surface area contributed by atoms with Crippen LogP contribution >= 0.6 is 15.9 Å². The number of halogens is 1. The van der Waals surface area contributed by atoms with Crippen molar-refractivity contribution in [1.82, 2.24) is 0 Å². The molecule has 1 aromatic carbocycles. The molecule has 5 heteroatoms. The van der Waals surface area contributed by atoms with E-state index in [1.807, 2.05) is 0 Å². The Balaban J connectivity index is 2.36. The fraction of sp³-hybridized carbons (Fsp3) is 0.533. The molecule has 20 heavy (non-hydrogen) atoms. The third kappa shape index (κ3) is 2.83. The van der Waals surface area contributed by atoms with E-state index < -0.39 is 0 Å². The van der Waals surface area contributed by atoms with E-state index >= 15 is 0 Å². The van der Waals surface area contributed by atoms with Gasteiger partial charge in [0.05, 0.1) is 19.8 Å². The SMILES string of the molecule is COc1ccc(C(=O)C2CCCCC2N)c(OC)c1Br. The van der Waals surface area contributed by atoms with Gasteiger partial charge in [0.15, 0.2) is 5.78 Å². The number of hydrogen-bond acceptors (Lipinski definition) is 4. The minimum Gasteiger partial charge on any atom is -0.495 e. The van der Waals surface area contributed by atoms with Gasteiger partial charge >= 0.3 is 0 Å². The Hall–Kier alpha value is -1.07. The fourth-order valence-electron chi connectivity index (χ4n) is 2.77. The molecule has 0 bridgehead atoms. The first-order valence-electron chi connectivity index (χ1n) is 6.80. The molecular weight excluding hydrogens is 322 g/mol. The van der Waals surface area contributed by atoms with Gasteiger partial charge in [0.1, 0.15) is 16.0 Å². The van der Waals surface area contributed by atoms with Crippen molar-refractivity contribution in [3.63, 3.8) is 0 Å². The summed E-state index contributed by atoms with van der Waals surface area (Å²) in [5.41, 5.74) is 6.68. The molecule has 0 saturated heterocycles. The number of carbonyl (C=O) groups is 1. The van der Waals surface area contributed by atoms with Gasteiger partial charge in [0.2, 0.25) is 0 Å². The molecule has 0 aromatic heterocycles. The highest BCUT2D eigenvalue weighted by Gasteiger charge is 2.31. The van der Waals surface area contributed by atoms with E-state index in [-0.39, 0.29) is 17.7 Å². The highest BCUT2D eigenvalue weighted by Crippen LogP contribution is 2.39. The lowest BCUT2D eigenvalue weighted by Gasteiger charge is -2.28. The van der Waals surface area contributed by atoms with Crippen molar-refractivity contribution in [2.24, 2.45) is 11.7 Å². The molecule has 1 aromatic rings. The Morgan fingerprint density at radius 1 is 1.25 bits per heavy atom. The molecule has 2 atom stereocenters. The molecule has 2 unspecified atom stereocenters. The van der Waals surface area contributed by atoms with Crippen LogP contribution in [0.15, 0.2) is 16.6 Å².